The largest absolute Gasteiger partial charge is 0.377 e. The minimum atomic E-state index is -3.39. The molecule has 1 fully saturated rings. The molecule has 8 heteroatoms. The maximum atomic E-state index is 12.8. The van der Waals surface area contributed by atoms with Gasteiger partial charge in [-0.2, -0.15) is 0 Å². The van der Waals surface area contributed by atoms with Gasteiger partial charge in [-0.15, -0.1) is 11.8 Å². The molecule has 0 aliphatic carbocycles. The van der Waals surface area contributed by atoms with Crippen molar-refractivity contribution in [3.05, 3.63) is 65.2 Å². The van der Waals surface area contributed by atoms with E-state index < -0.39 is 10.0 Å². The van der Waals surface area contributed by atoms with Crippen molar-refractivity contribution in [1.29, 1.82) is 0 Å². The predicted molar refractivity (Wildman–Crippen MR) is 115 cm³/mol. The summed E-state index contributed by atoms with van der Waals surface area (Å²) in [5, 5.41) is 2.93. The van der Waals surface area contributed by atoms with Crippen LogP contribution in [0.2, 0.25) is 0 Å². The molecule has 6 nitrogen and oxygen atoms in total. The van der Waals surface area contributed by atoms with Crippen LogP contribution in [0.1, 0.15) is 34.3 Å². The molecule has 2 N–H and O–H groups in total. The number of nitrogens with one attached hydrogen (secondary N) is 2. The van der Waals surface area contributed by atoms with Gasteiger partial charge in [0.15, 0.2) is 0 Å². The molecule has 1 heterocycles. The van der Waals surface area contributed by atoms with Gasteiger partial charge in [0.2, 0.25) is 10.0 Å². The van der Waals surface area contributed by atoms with Crippen molar-refractivity contribution in [3.63, 3.8) is 0 Å². The second-order valence-electron chi connectivity index (χ2n) is 6.86. The number of carbonyl (C=O) groups excluding carboxylic acids is 1. The molecule has 0 bridgehead atoms. The Morgan fingerprint density at radius 3 is 2.59 bits per heavy atom. The quantitative estimate of drug-likeness (QED) is 0.593. The molecule has 0 radical (unpaired) electrons. The minimum Gasteiger partial charge on any atom is -0.377 e. The highest BCUT2D eigenvalue weighted by molar-refractivity contribution is 7.99. The summed E-state index contributed by atoms with van der Waals surface area (Å²) in [5.41, 5.74) is 2.07. The van der Waals surface area contributed by atoms with E-state index in [-0.39, 0.29) is 24.3 Å². The first-order chi connectivity index (χ1) is 14.0. The maximum Gasteiger partial charge on any atom is 0.252 e. The maximum absolute atomic E-state index is 12.8. The van der Waals surface area contributed by atoms with E-state index in [0.717, 1.165) is 35.7 Å². The van der Waals surface area contributed by atoms with Crippen LogP contribution < -0.4 is 10.0 Å². The van der Waals surface area contributed by atoms with Crippen LogP contribution in [0, 0.1) is 0 Å². The third-order valence-electron chi connectivity index (χ3n) is 4.79. The number of amides is 1. The number of carbonyl (C=O) groups is 1. The summed E-state index contributed by atoms with van der Waals surface area (Å²) in [4.78, 5) is 13.7. The fourth-order valence-corrected chi connectivity index (χ4v) is 5.11. The zero-order valence-electron chi connectivity index (χ0n) is 16.4. The molecule has 29 heavy (non-hydrogen) atoms. The van der Waals surface area contributed by atoms with Crippen LogP contribution in [0.3, 0.4) is 0 Å². The summed E-state index contributed by atoms with van der Waals surface area (Å²) in [6.45, 7) is 1.08. The van der Waals surface area contributed by atoms with Gasteiger partial charge in [0.25, 0.3) is 5.91 Å². The van der Waals surface area contributed by atoms with Crippen molar-refractivity contribution in [2.45, 2.75) is 36.1 Å². The highest BCUT2D eigenvalue weighted by Gasteiger charge is 2.18. The molecule has 1 saturated heterocycles. The van der Waals surface area contributed by atoms with Gasteiger partial charge in [-0.3, -0.25) is 4.79 Å². The molecule has 1 amide bonds. The number of hydrogen-bond donors (Lipinski definition) is 2. The smallest absolute Gasteiger partial charge is 0.252 e. The van der Waals surface area contributed by atoms with Gasteiger partial charge < -0.3 is 10.1 Å². The van der Waals surface area contributed by atoms with Crippen LogP contribution in [0.5, 0.6) is 0 Å². The SMILES string of the molecule is CNS(=O)(=O)Cc1ccccc1CNC(=O)c1ccccc1SC[C@H]1CCCO1. The number of benzene rings is 2. The highest BCUT2D eigenvalue weighted by atomic mass is 32.2. The van der Waals surface area contributed by atoms with Crippen molar-refractivity contribution in [3.8, 4) is 0 Å². The number of thioether (sulfide) groups is 1. The van der Waals surface area contributed by atoms with Crippen molar-refractivity contribution < 1.29 is 17.9 Å². The van der Waals surface area contributed by atoms with E-state index in [1.807, 2.05) is 36.4 Å². The molecule has 156 valence electrons. The average molecular weight is 435 g/mol. The lowest BCUT2D eigenvalue weighted by molar-refractivity contribution is 0.0947. The Morgan fingerprint density at radius 2 is 1.86 bits per heavy atom. The van der Waals surface area contributed by atoms with Crippen LogP contribution >= 0.6 is 11.8 Å². The fraction of sp³-hybridized carbons (Fsp3) is 0.381. The number of sulfonamides is 1. The molecular weight excluding hydrogens is 408 g/mol. The van der Waals surface area contributed by atoms with Gasteiger partial charge in [-0.05, 0) is 43.1 Å². The van der Waals surface area contributed by atoms with Crippen molar-refractivity contribution in [1.82, 2.24) is 10.0 Å². The molecule has 0 spiro atoms. The minimum absolute atomic E-state index is 0.122. The molecule has 1 aliphatic rings. The number of hydrogen-bond acceptors (Lipinski definition) is 5. The van der Waals surface area contributed by atoms with Gasteiger partial charge in [0.1, 0.15) is 0 Å². The van der Waals surface area contributed by atoms with Crippen molar-refractivity contribution in [2.75, 3.05) is 19.4 Å². The van der Waals surface area contributed by atoms with Gasteiger partial charge in [-0.1, -0.05) is 36.4 Å². The lowest BCUT2D eigenvalue weighted by atomic mass is 10.1. The van der Waals surface area contributed by atoms with E-state index in [1.54, 1.807) is 23.9 Å². The summed E-state index contributed by atoms with van der Waals surface area (Å²) >= 11 is 1.63. The monoisotopic (exact) mass is 434 g/mol. The molecule has 0 saturated carbocycles. The first-order valence-corrected chi connectivity index (χ1v) is 12.2. The Labute approximate surface area is 176 Å². The Balaban J connectivity index is 1.66. The molecule has 2 aromatic rings. The van der Waals surface area contributed by atoms with Gasteiger partial charge in [0, 0.05) is 23.8 Å². The third kappa shape index (κ3) is 6.30. The van der Waals surface area contributed by atoms with Crippen LogP contribution in [0.25, 0.3) is 0 Å². The fourth-order valence-electron chi connectivity index (χ4n) is 3.16. The van der Waals surface area contributed by atoms with E-state index in [0.29, 0.717) is 11.1 Å². The summed E-state index contributed by atoms with van der Waals surface area (Å²) in [7, 11) is -1.99. The normalized spacial score (nSPS) is 16.7. The topological polar surface area (TPSA) is 84.5 Å². The van der Waals surface area contributed by atoms with Crippen LogP contribution in [-0.4, -0.2) is 39.8 Å². The average Bonchev–Trinajstić information content (AvgIpc) is 3.25. The first kappa shape index (κ1) is 21.8. The highest BCUT2D eigenvalue weighted by Crippen LogP contribution is 2.27. The van der Waals surface area contributed by atoms with Crippen LogP contribution in [-0.2, 0) is 27.1 Å². The van der Waals surface area contributed by atoms with E-state index in [9.17, 15) is 13.2 Å². The first-order valence-electron chi connectivity index (χ1n) is 9.58. The van der Waals surface area contributed by atoms with Crippen LogP contribution in [0.4, 0.5) is 0 Å². The Hall–Kier alpha value is -1.87. The van der Waals surface area contributed by atoms with Gasteiger partial charge >= 0.3 is 0 Å². The van der Waals surface area contributed by atoms with E-state index in [4.69, 9.17) is 4.74 Å². The van der Waals surface area contributed by atoms with E-state index in [1.165, 1.54) is 7.05 Å². The van der Waals surface area contributed by atoms with Crippen molar-refractivity contribution in [2.24, 2.45) is 0 Å². The second-order valence-corrected chi connectivity index (χ2v) is 9.85. The zero-order valence-corrected chi connectivity index (χ0v) is 18.0. The van der Waals surface area contributed by atoms with Gasteiger partial charge in [-0.25, -0.2) is 13.1 Å². The lowest BCUT2D eigenvalue weighted by Crippen LogP contribution is -2.25. The molecule has 1 atom stereocenters. The number of ether oxygens (including phenoxy) is 1. The molecular formula is C21H26N2O4S2. The van der Waals surface area contributed by atoms with E-state index >= 15 is 0 Å². The van der Waals surface area contributed by atoms with Crippen LogP contribution in [0.15, 0.2) is 53.4 Å². The summed E-state index contributed by atoms with van der Waals surface area (Å²) in [6.07, 6.45) is 2.40. The summed E-state index contributed by atoms with van der Waals surface area (Å²) < 4.78 is 31.8. The molecule has 0 aromatic heterocycles. The molecule has 0 unspecified atom stereocenters. The molecule has 1 aliphatic heterocycles. The van der Waals surface area contributed by atoms with E-state index in [2.05, 4.69) is 10.0 Å². The summed E-state index contributed by atoms with van der Waals surface area (Å²) in [6, 6.07) is 14.8. The third-order valence-corrected chi connectivity index (χ3v) is 7.31. The zero-order chi connectivity index (χ0) is 20.7. The second kappa shape index (κ2) is 10.2. The van der Waals surface area contributed by atoms with Crippen molar-refractivity contribution >= 4 is 27.7 Å². The standard InChI is InChI=1S/C21H26N2O4S2/c1-22-29(25,26)15-17-8-3-2-7-16(17)13-23-21(24)19-10-4-5-11-20(19)28-14-18-9-6-12-27-18/h2-5,7-8,10-11,18,22H,6,9,12-15H2,1H3,(H,23,24)/t18-/m1/s1. The molecule has 2 aromatic carbocycles. The van der Waals surface area contributed by atoms with Gasteiger partial charge in [0.05, 0.1) is 17.4 Å². The Bertz CT molecular complexity index is 941. The predicted octanol–water partition coefficient (Wildman–Crippen LogP) is 2.94. The molecule has 3 rings (SSSR count). The number of rotatable bonds is 9. The summed E-state index contributed by atoms with van der Waals surface area (Å²) in [5.74, 6) is 0.532. The Kier molecular flexibility index (Phi) is 7.71. The Morgan fingerprint density at radius 1 is 1.14 bits per heavy atom. The lowest BCUT2D eigenvalue weighted by Gasteiger charge is -2.14.